The third kappa shape index (κ3) is 3.48. The number of carbonyl (C=O) groups excluding carboxylic acids is 2. The van der Waals surface area contributed by atoms with Gasteiger partial charge in [0.05, 0.1) is 12.7 Å². The number of esters is 1. The summed E-state index contributed by atoms with van der Waals surface area (Å²) in [6.45, 7) is 2.46. The monoisotopic (exact) mass is 283 g/mol. The fourth-order valence-electron chi connectivity index (χ4n) is 2.05. The first-order chi connectivity index (χ1) is 10.2. The lowest BCUT2D eigenvalue weighted by molar-refractivity contribution is 0.0600. The minimum absolute atomic E-state index is 0.108. The molecule has 0 aliphatic rings. The molecule has 0 atom stereocenters. The predicted molar refractivity (Wildman–Crippen MR) is 81.2 cm³/mol. The fourth-order valence-corrected chi connectivity index (χ4v) is 2.05. The quantitative estimate of drug-likeness (QED) is 0.878. The van der Waals surface area contributed by atoms with Crippen LogP contribution in [0.3, 0.4) is 0 Å². The van der Waals surface area contributed by atoms with Crippen molar-refractivity contribution >= 4 is 11.9 Å². The van der Waals surface area contributed by atoms with Crippen LogP contribution in [-0.2, 0) is 4.74 Å². The van der Waals surface area contributed by atoms with Gasteiger partial charge in [0, 0.05) is 12.1 Å². The van der Waals surface area contributed by atoms with Crippen molar-refractivity contribution < 1.29 is 14.3 Å². The van der Waals surface area contributed by atoms with Gasteiger partial charge in [-0.05, 0) is 42.3 Å². The molecule has 108 valence electrons. The summed E-state index contributed by atoms with van der Waals surface area (Å²) in [6.07, 6.45) is 0. The summed E-state index contributed by atoms with van der Waals surface area (Å²) in [6, 6.07) is 14.4. The number of hydrogen-bond donors (Lipinski definition) is 1. The average Bonchev–Trinajstić information content (AvgIpc) is 2.54. The molecule has 0 aromatic heterocycles. The minimum atomic E-state index is -0.378. The Labute approximate surface area is 123 Å². The predicted octanol–water partition coefficient (Wildman–Crippen LogP) is 2.89. The van der Waals surface area contributed by atoms with E-state index in [0.29, 0.717) is 17.7 Å². The Hall–Kier alpha value is -2.62. The number of nitrogens with one attached hydrogen (secondary N) is 1. The third-order valence-corrected chi connectivity index (χ3v) is 3.08. The molecule has 0 aliphatic carbocycles. The van der Waals surface area contributed by atoms with Gasteiger partial charge in [0.1, 0.15) is 0 Å². The van der Waals surface area contributed by atoms with E-state index in [1.54, 1.807) is 30.3 Å². The highest BCUT2D eigenvalue weighted by molar-refractivity contribution is 5.96. The van der Waals surface area contributed by atoms with E-state index < -0.39 is 0 Å². The topological polar surface area (TPSA) is 55.4 Å². The van der Waals surface area contributed by atoms with Crippen molar-refractivity contribution in [2.45, 2.75) is 6.92 Å². The van der Waals surface area contributed by atoms with Crippen molar-refractivity contribution in [3.05, 3.63) is 59.7 Å². The Kier molecular flexibility index (Phi) is 4.72. The summed E-state index contributed by atoms with van der Waals surface area (Å²) in [4.78, 5) is 23.4. The molecule has 21 heavy (non-hydrogen) atoms. The molecule has 2 aromatic carbocycles. The normalized spacial score (nSPS) is 10.0. The van der Waals surface area contributed by atoms with Crippen molar-refractivity contribution in [3.8, 4) is 11.1 Å². The highest BCUT2D eigenvalue weighted by Gasteiger charge is 2.09. The van der Waals surface area contributed by atoms with E-state index in [0.717, 1.165) is 11.1 Å². The van der Waals surface area contributed by atoms with E-state index in [-0.39, 0.29) is 11.9 Å². The van der Waals surface area contributed by atoms with Crippen LogP contribution in [0.1, 0.15) is 27.6 Å². The lowest BCUT2D eigenvalue weighted by Crippen LogP contribution is -2.22. The number of benzene rings is 2. The largest absolute Gasteiger partial charge is 0.465 e. The van der Waals surface area contributed by atoms with Gasteiger partial charge < -0.3 is 10.1 Å². The van der Waals surface area contributed by atoms with E-state index >= 15 is 0 Å². The Morgan fingerprint density at radius 2 is 1.57 bits per heavy atom. The van der Waals surface area contributed by atoms with Gasteiger partial charge in [0.2, 0.25) is 0 Å². The van der Waals surface area contributed by atoms with Crippen molar-refractivity contribution in [2.75, 3.05) is 13.7 Å². The van der Waals surface area contributed by atoms with Crippen molar-refractivity contribution in [1.29, 1.82) is 0 Å². The smallest absolute Gasteiger partial charge is 0.337 e. The second-order valence-corrected chi connectivity index (χ2v) is 4.51. The molecule has 4 nitrogen and oxygen atoms in total. The third-order valence-electron chi connectivity index (χ3n) is 3.08. The molecule has 2 rings (SSSR count). The van der Waals surface area contributed by atoms with Gasteiger partial charge in [-0.15, -0.1) is 0 Å². The van der Waals surface area contributed by atoms with E-state index in [1.807, 2.05) is 25.1 Å². The molecule has 0 unspecified atom stereocenters. The van der Waals surface area contributed by atoms with Crippen molar-refractivity contribution in [1.82, 2.24) is 5.32 Å². The van der Waals surface area contributed by atoms with E-state index in [9.17, 15) is 9.59 Å². The molecule has 1 N–H and O–H groups in total. The van der Waals surface area contributed by atoms with Crippen molar-refractivity contribution in [3.63, 3.8) is 0 Å². The van der Waals surface area contributed by atoms with Crippen LogP contribution < -0.4 is 5.32 Å². The first-order valence-electron chi connectivity index (χ1n) is 6.72. The van der Waals surface area contributed by atoms with Gasteiger partial charge in [-0.1, -0.05) is 24.3 Å². The summed E-state index contributed by atoms with van der Waals surface area (Å²) in [5.41, 5.74) is 2.82. The van der Waals surface area contributed by atoms with Crippen LogP contribution in [0.2, 0.25) is 0 Å². The maximum Gasteiger partial charge on any atom is 0.337 e. The van der Waals surface area contributed by atoms with Crippen LogP contribution >= 0.6 is 0 Å². The van der Waals surface area contributed by atoms with Crippen LogP contribution in [0.25, 0.3) is 11.1 Å². The van der Waals surface area contributed by atoms with Gasteiger partial charge in [0.15, 0.2) is 0 Å². The molecule has 0 spiro atoms. The van der Waals surface area contributed by atoms with Gasteiger partial charge >= 0.3 is 5.97 Å². The maximum absolute atomic E-state index is 11.9. The van der Waals surface area contributed by atoms with Crippen LogP contribution in [0.5, 0.6) is 0 Å². The summed E-state index contributed by atoms with van der Waals surface area (Å²) in [5, 5.41) is 2.77. The van der Waals surface area contributed by atoms with Gasteiger partial charge in [0.25, 0.3) is 5.91 Å². The van der Waals surface area contributed by atoms with Crippen LogP contribution in [-0.4, -0.2) is 25.5 Å². The number of methoxy groups -OCH3 is 1. The zero-order valence-corrected chi connectivity index (χ0v) is 12.1. The van der Waals surface area contributed by atoms with Crippen molar-refractivity contribution in [2.24, 2.45) is 0 Å². The Bertz CT molecular complexity index is 665. The summed E-state index contributed by atoms with van der Waals surface area (Å²) in [5.74, 6) is -0.486. The molecule has 4 heteroatoms. The van der Waals surface area contributed by atoms with Crippen LogP contribution in [0, 0.1) is 0 Å². The molecule has 0 heterocycles. The average molecular weight is 283 g/mol. The zero-order chi connectivity index (χ0) is 15.2. The maximum atomic E-state index is 11.9. The van der Waals surface area contributed by atoms with Gasteiger partial charge in [-0.3, -0.25) is 4.79 Å². The molecule has 0 radical (unpaired) electrons. The number of hydrogen-bond acceptors (Lipinski definition) is 3. The lowest BCUT2D eigenvalue weighted by Gasteiger charge is -2.07. The first-order valence-corrected chi connectivity index (χ1v) is 6.72. The highest BCUT2D eigenvalue weighted by Crippen LogP contribution is 2.22. The molecule has 0 fully saturated rings. The second kappa shape index (κ2) is 6.70. The lowest BCUT2D eigenvalue weighted by atomic mass is 10.0. The van der Waals surface area contributed by atoms with E-state index in [1.165, 1.54) is 7.11 Å². The second-order valence-electron chi connectivity index (χ2n) is 4.51. The SMILES string of the molecule is CCNC(=O)c1cccc(-c2cccc(C(=O)OC)c2)c1. The molecular weight excluding hydrogens is 266 g/mol. The molecule has 0 aliphatic heterocycles. The molecule has 2 aromatic rings. The summed E-state index contributed by atoms with van der Waals surface area (Å²) >= 11 is 0. The van der Waals surface area contributed by atoms with E-state index in [4.69, 9.17) is 4.74 Å². The Morgan fingerprint density at radius 1 is 1.00 bits per heavy atom. The van der Waals surface area contributed by atoms with E-state index in [2.05, 4.69) is 5.32 Å². The van der Waals surface area contributed by atoms with Gasteiger partial charge in [-0.25, -0.2) is 4.79 Å². The Balaban J connectivity index is 2.36. The molecule has 0 bridgehead atoms. The van der Waals surface area contributed by atoms with Gasteiger partial charge in [-0.2, -0.15) is 0 Å². The Morgan fingerprint density at radius 3 is 2.14 bits per heavy atom. The minimum Gasteiger partial charge on any atom is -0.465 e. The number of rotatable bonds is 4. The number of carbonyl (C=O) groups is 2. The highest BCUT2D eigenvalue weighted by atomic mass is 16.5. The molecule has 0 saturated carbocycles. The summed E-state index contributed by atoms with van der Waals surface area (Å²) < 4.78 is 4.72. The molecule has 1 amide bonds. The molecule has 0 saturated heterocycles. The van der Waals surface area contributed by atoms with Crippen LogP contribution in [0.15, 0.2) is 48.5 Å². The number of ether oxygens (including phenoxy) is 1. The zero-order valence-electron chi connectivity index (χ0n) is 12.1. The molecular formula is C17H17NO3. The standard InChI is InChI=1S/C17H17NO3/c1-3-18-16(19)14-8-4-6-12(10-14)13-7-5-9-15(11-13)17(20)21-2/h4-11H,3H2,1-2H3,(H,18,19). The van der Waals surface area contributed by atoms with Crippen LogP contribution in [0.4, 0.5) is 0 Å². The summed E-state index contributed by atoms with van der Waals surface area (Å²) in [7, 11) is 1.35. The fraction of sp³-hybridized carbons (Fsp3) is 0.176. The first kappa shape index (κ1) is 14.8. The number of amides is 1.